The van der Waals surface area contributed by atoms with Crippen LogP contribution < -0.4 is 0 Å². The highest BCUT2D eigenvalue weighted by Crippen LogP contribution is 2.41. The van der Waals surface area contributed by atoms with Gasteiger partial charge in [0, 0.05) is 4.90 Å². The van der Waals surface area contributed by atoms with Crippen LogP contribution in [0.4, 0.5) is 13.2 Å². The molecule has 2 nitrogen and oxygen atoms in total. The third kappa shape index (κ3) is 2.97. The highest BCUT2D eigenvalue weighted by Gasteiger charge is 2.38. The number of alkyl halides is 3. The van der Waals surface area contributed by atoms with Gasteiger partial charge in [-0.2, -0.15) is 13.2 Å². The summed E-state index contributed by atoms with van der Waals surface area (Å²) in [7, 11) is 0. The molecule has 0 aliphatic heterocycles. The molecule has 0 amide bonds. The Bertz CT molecular complexity index is 710. The second-order valence-corrected chi connectivity index (χ2v) is 5.15. The van der Waals surface area contributed by atoms with E-state index in [2.05, 4.69) is 12.6 Å². The molecule has 22 heavy (non-hydrogen) atoms. The second kappa shape index (κ2) is 6.04. The van der Waals surface area contributed by atoms with Gasteiger partial charge in [-0.25, -0.2) is 4.79 Å². The third-order valence-corrected chi connectivity index (χ3v) is 3.79. The van der Waals surface area contributed by atoms with Crippen LogP contribution in [0, 0.1) is 0 Å². The molecule has 1 N–H and O–H groups in total. The van der Waals surface area contributed by atoms with Crippen LogP contribution in [0.5, 0.6) is 0 Å². The maximum absolute atomic E-state index is 13.1. The van der Waals surface area contributed by atoms with Crippen molar-refractivity contribution in [1.29, 1.82) is 0 Å². The van der Waals surface area contributed by atoms with Crippen LogP contribution in [0.2, 0.25) is 0 Å². The number of rotatable bonds is 3. The van der Waals surface area contributed by atoms with E-state index in [4.69, 9.17) is 0 Å². The fraction of sp³-hybridized carbons (Fsp3) is 0.188. The lowest BCUT2D eigenvalue weighted by Crippen LogP contribution is -2.15. The van der Waals surface area contributed by atoms with E-state index in [0.29, 0.717) is 23.1 Å². The lowest BCUT2D eigenvalue weighted by atomic mass is 9.92. The van der Waals surface area contributed by atoms with Gasteiger partial charge < -0.3 is 5.11 Å². The van der Waals surface area contributed by atoms with Gasteiger partial charge in [0.25, 0.3) is 0 Å². The van der Waals surface area contributed by atoms with Crippen LogP contribution >= 0.6 is 12.6 Å². The molecule has 0 fully saturated rings. The SMILES string of the molecule is CCc1cc(C(F)(F)F)c(C(=O)O)c(S)c1-c1ccccc1. The number of carboxylic acids is 1. The largest absolute Gasteiger partial charge is 0.478 e. The number of carbonyl (C=O) groups is 1. The molecule has 0 aromatic heterocycles. The molecule has 6 heteroatoms. The van der Waals surface area contributed by atoms with Gasteiger partial charge in [-0.1, -0.05) is 37.3 Å². The third-order valence-electron chi connectivity index (χ3n) is 3.35. The standard InChI is InChI=1S/C16H13F3O2S/c1-2-9-8-11(16(17,18)19)13(15(20)21)14(22)12(9)10-6-4-3-5-7-10/h3-8,22H,2H2,1H3,(H,20,21). The molecule has 0 unspecified atom stereocenters. The van der Waals surface area contributed by atoms with E-state index in [-0.39, 0.29) is 4.90 Å². The van der Waals surface area contributed by atoms with E-state index in [0.717, 1.165) is 6.07 Å². The molecule has 0 saturated heterocycles. The van der Waals surface area contributed by atoms with Gasteiger partial charge in [-0.3, -0.25) is 0 Å². The first-order valence-electron chi connectivity index (χ1n) is 6.52. The summed E-state index contributed by atoms with van der Waals surface area (Å²) in [5.74, 6) is -1.64. The Morgan fingerprint density at radius 3 is 2.27 bits per heavy atom. The molecule has 2 rings (SSSR count). The van der Waals surface area contributed by atoms with E-state index in [1.165, 1.54) is 0 Å². The van der Waals surface area contributed by atoms with Crippen LogP contribution in [0.1, 0.15) is 28.4 Å². The number of halogens is 3. The minimum Gasteiger partial charge on any atom is -0.478 e. The number of aryl methyl sites for hydroxylation is 1. The predicted molar refractivity (Wildman–Crippen MR) is 80.5 cm³/mol. The summed E-state index contributed by atoms with van der Waals surface area (Å²) in [6.07, 6.45) is -4.41. The minimum absolute atomic E-state index is 0.162. The van der Waals surface area contributed by atoms with Crippen LogP contribution in [-0.2, 0) is 12.6 Å². The van der Waals surface area contributed by atoms with Gasteiger partial charge in [0.15, 0.2) is 0 Å². The van der Waals surface area contributed by atoms with E-state index < -0.39 is 23.3 Å². The Balaban J connectivity index is 2.87. The Hall–Kier alpha value is -1.95. The van der Waals surface area contributed by atoms with Crippen molar-refractivity contribution in [2.45, 2.75) is 24.4 Å². The summed E-state index contributed by atoms with van der Waals surface area (Å²) in [5, 5.41) is 9.20. The van der Waals surface area contributed by atoms with E-state index in [9.17, 15) is 23.1 Å². The first-order valence-corrected chi connectivity index (χ1v) is 6.96. The average Bonchev–Trinajstić information content (AvgIpc) is 2.45. The highest BCUT2D eigenvalue weighted by molar-refractivity contribution is 7.80. The topological polar surface area (TPSA) is 37.3 Å². The molecule has 0 bridgehead atoms. The molecule has 2 aromatic carbocycles. The Kier molecular flexibility index (Phi) is 4.51. The molecule has 0 atom stereocenters. The molecule has 0 heterocycles. The van der Waals surface area contributed by atoms with Crippen LogP contribution in [0.25, 0.3) is 11.1 Å². The molecule has 0 aliphatic carbocycles. The average molecular weight is 326 g/mol. The van der Waals surface area contributed by atoms with Gasteiger partial charge in [0.05, 0.1) is 11.1 Å². The summed E-state index contributed by atoms with van der Waals surface area (Å²) < 4.78 is 39.4. The van der Waals surface area contributed by atoms with Crippen LogP contribution in [-0.4, -0.2) is 11.1 Å². The highest BCUT2D eigenvalue weighted by atomic mass is 32.1. The van der Waals surface area contributed by atoms with Crippen molar-refractivity contribution in [3.63, 3.8) is 0 Å². The minimum atomic E-state index is -4.75. The molecule has 0 saturated carbocycles. The first-order chi connectivity index (χ1) is 10.3. The lowest BCUT2D eigenvalue weighted by molar-refractivity contribution is -0.138. The van der Waals surface area contributed by atoms with Gasteiger partial charge in [0.2, 0.25) is 0 Å². The lowest BCUT2D eigenvalue weighted by Gasteiger charge is -2.19. The number of thiol groups is 1. The van der Waals surface area contributed by atoms with Crippen molar-refractivity contribution in [2.24, 2.45) is 0 Å². The van der Waals surface area contributed by atoms with E-state index in [1.54, 1.807) is 37.3 Å². The van der Waals surface area contributed by atoms with Gasteiger partial charge in [-0.15, -0.1) is 12.6 Å². The Labute approximate surface area is 131 Å². The van der Waals surface area contributed by atoms with Crippen molar-refractivity contribution in [1.82, 2.24) is 0 Å². The summed E-state index contributed by atoms with van der Waals surface area (Å²) in [5.41, 5.74) is -0.501. The van der Waals surface area contributed by atoms with Crippen LogP contribution in [0.3, 0.4) is 0 Å². The van der Waals surface area contributed by atoms with Crippen molar-refractivity contribution in [2.75, 3.05) is 0 Å². The van der Waals surface area contributed by atoms with E-state index in [1.807, 2.05) is 0 Å². The first kappa shape index (κ1) is 16.4. The fourth-order valence-corrected chi connectivity index (χ4v) is 2.86. The van der Waals surface area contributed by atoms with Crippen molar-refractivity contribution in [3.8, 4) is 11.1 Å². The smallest absolute Gasteiger partial charge is 0.417 e. The molecule has 0 aliphatic rings. The van der Waals surface area contributed by atoms with Gasteiger partial charge in [-0.05, 0) is 29.2 Å². The van der Waals surface area contributed by atoms with Gasteiger partial charge in [0.1, 0.15) is 0 Å². The molecule has 0 radical (unpaired) electrons. The monoisotopic (exact) mass is 326 g/mol. The van der Waals surface area contributed by atoms with Crippen molar-refractivity contribution < 1.29 is 23.1 Å². The molecular formula is C16H13F3O2S. The molecule has 116 valence electrons. The van der Waals surface area contributed by atoms with Crippen molar-refractivity contribution in [3.05, 3.63) is 53.1 Å². The molecule has 0 spiro atoms. The molecular weight excluding hydrogens is 313 g/mol. The number of hydrogen-bond donors (Lipinski definition) is 2. The number of carboxylic acid groups (broad SMARTS) is 1. The Morgan fingerprint density at radius 2 is 1.82 bits per heavy atom. The zero-order chi connectivity index (χ0) is 16.5. The van der Waals surface area contributed by atoms with E-state index >= 15 is 0 Å². The predicted octanol–water partition coefficient (Wildman–Crippen LogP) is 4.92. The fourth-order valence-electron chi connectivity index (χ4n) is 2.37. The summed E-state index contributed by atoms with van der Waals surface area (Å²) in [4.78, 5) is 11.2. The maximum atomic E-state index is 13.1. The quantitative estimate of drug-likeness (QED) is 0.786. The van der Waals surface area contributed by atoms with Gasteiger partial charge >= 0.3 is 12.1 Å². The number of aromatic carboxylic acids is 1. The zero-order valence-corrected chi connectivity index (χ0v) is 12.5. The molecule has 2 aromatic rings. The van der Waals surface area contributed by atoms with Crippen molar-refractivity contribution >= 4 is 18.6 Å². The maximum Gasteiger partial charge on any atom is 0.417 e. The zero-order valence-electron chi connectivity index (χ0n) is 11.6. The van der Waals surface area contributed by atoms with Crippen LogP contribution in [0.15, 0.2) is 41.3 Å². The summed E-state index contributed by atoms with van der Waals surface area (Å²) in [6, 6.07) is 9.58. The Morgan fingerprint density at radius 1 is 1.23 bits per heavy atom. The summed E-state index contributed by atoms with van der Waals surface area (Å²) in [6.45, 7) is 1.72. The normalized spacial score (nSPS) is 11.5. The number of benzene rings is 2. The summed E-state index contributed by atoms with van der Waals surface area (Å²) >= 11 is 4.11. The number of hydrogen-bond acceptors (Lipinski definition) is 2. The second-order valence-electron chi connectivity index (χ2n) is 4.70.